The molecular weight excluding hydrogens is 408 g/mol. The first-order chi connectivity index (χ1) is 14.9. The number of amides is 1. The molecule has 0 radical (unpaired) electrons. The highest BCUT2D eigenvalue weighted by molar-refractivity contribution is 6.27. The molecule has 1 aromatic heterocycles. The Hall–Kier alpha value is -3.53. The minimum atomic E-state index is -1.82. The van der Waals surface area contributed by atoms with Crippen molar-refractivity contribution in [1.29, 1.82) is 0 Å². The lowest BCUT2D eigenvalue weighted by Gasteiger charge is -2.31. The predicted octanol–water partition coefficient (Wildman–Crippen LogP) is 1.69. The highest BCUT2D eigenvalue weighted by Gasteiger charge is 2.25. The van der Waals surface area contributed by atoms with Crippen LogP contribution in [-0.2, 0) is 27.5 Å². The van der Waals surface area contributed by atoms with E-state index in [0.717, 1.165) is 49.7 Å². The molecule has 31 heavy (non-hydrogen) atoms. The van der Waals surface area contributed by atoms with Gasteiger partial charge >= 0.3 is 11.9 Å². The third-order valence-electron chi connectivity index (χ3n) is 5.00. The van der Waals surface area contributed by atoms with Gasteiger partial charge in [-0.05, 0) is 55.8 Å². The van der Waals surface area contributed by atoms with E-state index >= 15 is 0 Å². The number of ether oxygens (including phenoxy) is 2. The summed E-state index contributed by atoms with van der Waals surface area (Å²) in [5.74, 6) is -1.01. The summed E-state index contributed by atoms with van der Waals surface area (Å²) in [5, 5.41) is 17.7. The van der Waals surface area contributed by atoms with E-state index in [9.17, 15) is 4.79 Å². The van der Waals surface area contributed by atoms with Gasteiger partial charge < -0.3 is 29.4 Å². The van der Waals surface area contributed by atoms with Crippen LogP contribution in [0.15, 0.2) is 41.0 Å². The third-order valence-corrected chi connectivity index (χ3v) is 5.00. The van der Waals surface area contributed by atoms with Gasteiger partial charge in [0.05, 0.1) is 12.8 Å². The topological polar surface area (TPSA) is 139 Å². The van der Waals surface area contributed by atoms with Crippen molar-refractivity contribution in [2.24, 2.45) is 5.92 Å². The van der Waals surface area contributed by atoms with Crippen molar-refractivity contribution in [3.8, 4) is 11.5 Å². The smallest absolute Gasteiger partial charge is 0.414 e. The van der Waals surface area contributed by atoms with E-state index in [4.69, 9.17) is 33.7 Å². The van der Waals surface area contributed by atoms with E-state index in [2.05, 4.69) is 16.3 Å². The summed E-state index contributed by atoms with van der Waals surface area (Å²) in [5.41, 5.74) is 1.21. The summed E-state index contributed by atoms with van der Waals surface area (Å²) in [6.45, 7) is 3.48. The number of likely N-dealkylation sites (tertiary alicyclic amines) is 1. The van der Waals surface area contributed by atoms with Gasteiger partial charge in [-0.3, -0.25) is 9.69 Å². The first kappa shape index (κ1) is 22.2. The molecule has 1 amide bonds. The van der Waals surface area contributed by atoms with Crippen molar-refractivity contribution in [2.75, 3.05) is 19.9 Å². The lowest BCUT2D eigenvalue weighted by atomic mass is 9.95. The van der Waals surface area contributed by atoms with Crippen molar-refractivity contribution >= 4 is 17.8 Å². The SMILES string of the molecule is O=C(NCc1ccco1)C1CCN(Cc2ccc3c(c2)OCO3)CC1.O=C(O)C(=O)O. The lowest BCUT2D eigenvalue weighted by Crippen LogP contribution is -2.40. The van der Waals surface area contributed by atoms with Crippen LogP contribution in [0.3, 0.4) is 0 Å². The zero-order chi connectivity index (χ0) is 22.2. The molecule has 1 fully saturated rings. The van der Waals surface area contributed by atoms with Crippen LogP contribution in [0.5, 0.6) is 11.5 Å². The zero-order valence-corrected chi connectivity index (χ0v) is 16.8. The summed E-state index contributed by atoms with van der Waals surface area (Å²) < 4.78 is 16.0. The minimum Gasteiger partial charge on any atom is -0.473 e. The Labute approximate surface area is 178 Å². The lowest BCUT2D eigenvalue weighted by molar-refractivity contribution is -0.159. The molecule has 0 aliphatic carbocycles. The van der Waals surface area contributed by atoms with Crippen LogP contribution in [0.4, 0.5) is 0 Å². The molecule has 10 heteroatoms. The zero-order valence-electron chi connectivity index (χ0n) is 16.8. The average Bonchev–Trinajstić information content (AvgIpc) is 3.44. The van der Waals surface area contributed by atoms with Gasteiger partial charge in [-0.1, -0.05) is 6.07 Å². The molecular formula is C21H24N2O8. The maximum absolute atomic E-state index is 12.3. The van der Waals surface area contributed by atoms with Crippen LogP contribution in [0.25, 0.3) is 0 Å². The number of benzene rings is 1. The van der Waals surface area contributed by atoms with Gasteiger partial charge in [0.1, 0.15) is 5.76 Å². The summed E-state index contributed by atoms with van der Waals surface area (Å²) in [7, 11) is 0. The highest BCUT2D eigenvalue weighted by atomic mass is 16.7. The first-order valence-electron chi connectivity index (χ1n) is 9.79. The number of carboxylic acids is 2. The number of hydrogen-bond donors (Lipinski definition) is 3. The number of aliphatic carboxylic acids is 2. The molecule has 0 unspecified atom stereocenters. The van der Waals surface area contributed by atoms with E-state index in [1.54, 1.807) is 6.26 Å². The van der Waals surface area contributed by atoms with Gasteiger partial charge in [0.25, 0.3) is 0 Å². The maximum Gasteiger partial charge on any atom is 0.414 e. The number of piperidine rings is 1. The number of nitrogens with one attached hydrogen (secondary N) is 1. The predicted molar refractivity (Wildman–Crippen MR) is 106 cm³/mol. The fourth-order valence-electron chi connectivity index (χ4n) is 3.38. The number of carbonyl (C=O) groups is 3. The number of carboxylic acid groups (broad SMARTS) is 2. The number of nitrogens with zero attached hydrogens (tertiary/aromatic N) is 1. The Morgan fingerprint density at radius 3 is 2.39 bits per heavy atom. The minimum absolute atomic E-state index is 0.0861. The van der Waals surface area contributed by atoms with Crippen LogP contribution >= 0.6 is 0 Å². The van der Waals surface area contributed by atoms with Crippen LogP contribution in [0.2, 0.25) is 0 Å². The van der Waals surface area contributed by atoms with Gasteiger partial charge in [0, 0.05) is 12.5 Å². The Balaban J connectivity index is 0.000000401. The molecule has 166 valence electrons. The van der Waals surface area contributed by atoms with Crippen molar-refractivity contribution in [3.63, 3.8) is 0 Å². The molecule has 0 spiro atoms. The fourth-order valence-corrected chi connectivity index (χ4v) is 3.38. The highest BCUT2D eigenvalue weighted by Crippen LogP contribution is 2.33. The second-order valence-electron chi connectivity index (χ2n) is 7.15. The molecule has 3 N–H and O–H groups in total. The monoisotopic (exact) mass is 432 g/mol. The molecule has 2 aromatic rings. The van der Waals surface area contributed by atoms with Crippen LogP contribution in [0, 0.1) is 5.92 Å². The van der Waals surface area contributed by atoms with Crippen LogP contribution in [0.1, 0.15) is 24.2 Å². The number of rotatable bonds is 5. The van der Waals surface area contributed by atoms with Gasteiger partial charge in [0.15, 0.2) is 11.5 Å². The standard InChI is InChI=1S/C19H22N2O4.C2H2O4/c22-19(20-11-16-2-1-9-23-16)15-5-7-21(8-6-15)12-14-3-4-17-18(10-14)25-13-24-17;3-1(4)2(5)6/h1-4,9-10,15H,5-8,11-13H2,(H,20,22);(H,3,4)(H,5,6). The number of furan rings is 1. The number of fused-ring (bicyclic) bond motifs is 1. The molecule has 1 saturated heterocycles. The summed E-state index contributed by atoms with van der Waals surface area (Å²) in [6, 6.07) is 9.79. The van der Waals surface area contributed by atoms with E-state index in [1.807, 2.05) is 24.3 Å². The largest absolute Gasteiger partial charge is 0.473 e. The Kier molecular flexibility index (Phi) is 7.50. The van der Waals surface area contributed by atoms with Crippen molar-refractivity contribution in [1.82, 2.24) is 10.2 Å². The van der Waals surface area contributed by atoms with E-state index in [1.165, 1.54) is 5.56 Å². The quantitative estimate of drug-likeness (QED) is 0.602. The Morgan fingerprint density at radius 2 is 1.74 bits per heavy atom. The molecule has 2 aliphatic heterocycles. The van der Waals surface area contributed by atoms with Crippen molar-refractivity contribution in [3.05, 3.63) is 47.9 Å². The normalized spacial score (nSPS) is 15.6. The fraction of sp³-hybridized carbons (Fsp3) is 0.381. The van der Waals surface area contributed by atoms with Crippen LogP contribution in [-0.4, -0.2) is 52.8 Å². The van der Waals surface area contributed by atoms with E-state index in [0.29, 0.717) is 13.3 Å². The molecule has 4 rings (SSSR count). The average molecular weight is 432 g/mol. The summed E-state index contributed by atoms with van der Waals surface area (Å²) in [6.07, 6.45) is 3.39. The van der Waals surface area contributed by atoms with E-state index < -0.39 is 11.9 Å². The molecule has 10 nitrogen and oxygen atoms in total. The van der Waals surface area contributed by atoms with Gasteiger partial charge in [0.2, 0.25) is 12.7 Å². The molecule has 3 heterocycles. The summed E-state index contributed by atoms with van der Waals surface area (Å²) in [4.78, 5) is 32.9. The number of carbonyl (C=O) groups excluding carboxylic acids is 1. The second-order valence-corrected chi connectivity index (χ2v) is 7.15. The maximum atomic E-state index is 12.3. The van der Waals surface area contributed by atoms with Crippen LogP contribution < -0.4 is 14.8 Å². The summed E-state index contributed by atoms with van der Waals surface area (Å²) >= 11 is 0. The Morgan fingerprint density at radius 1 is 1.03 bits per heavy atom. The van der Waals surface area contributed by atoms with Gasteiger partial charge in [-0.15, -0.1) is 0 Å². The molecule has 1 aromatic carbocycles. The molecule has 2 aliphatic rings. The van der Waals surface area contributed by atoms with Crippen molar-refractivity contribution in [2.45, 2.75) is 25.9 Å². The molecule has 0 saturated carbocycles. The van der Waals surface area contributed by atoms with Gasteiger partial charge in [-0.2, -0.15) is 0 Å². The molecule has 0 atom stereocenters. The van der Waals surface area contributed by atoms with Crippen molar-refractivity contribution < 1.29 is 38.5 Å². The molecule has 0 bridgehead atoms. The Bertz CT molecular complexity index is 892. The van der Waals surface area contributed by atoms with Gasteiger partial charge in [-0.25, -0.2) is 9.59 Å². The number of hydrogen-bond acceptors (Lipinski definition) is 7. The second kappa shape index (κ2) is 10.5. The van der Waals surface area contributed by atoms with E-state index in [-0.39, 0.29) is 11.8 Å². The first-order valence-corrected chi connectivity index (χ1v) is 9.79. The third kappa shape index (κ3) is 6.48.